The Bertz CT molecular complexity index is 823. The zero-order valence-corrected chi connectivity index (χ0v) is 10.4. The summed E-state index contributed by atoms with van der Waals surface area (Å²) in [7, 11) is 0. The Morgan fingerprint density at radius 2 is 2.05 bits per heavy atom. The molecule has 3 rings (SSSR count). The van der Waals surface area contributed by atoms with Crippen molar-refractivity contribution >= 4 is 16.6 Å². The van der Waals surface area contributed by atoms with Gasteiger partial charge in [-0.3, -0.25) is 4.98 Å². The Morgan fingerprint density at radius 1 is 1.15 bits per heavy atom. The van der Waals surface area contributed by atoms with Crippen molar-refractivity contribution in [3.8, 4) is 17.7 Å². The Morgan fingerprint density at radius 3 is 2.90 bits per heavy atom. The molecule has 2 N–H and O–H groups in total. The van der Waals surface area contributed by atoms with Crippen LogP contribution in [0.2, 0.25) is 0 Å². The van der Waals surface area contributed by atoms with Gasteiger partial charge < -0.3 is 10.5 Å². The van der Waals surface area contributed by atoms with Crippen molar-refractivity contribution in [1.29, 1.82) is 5.26 Å². The summed E-state index contributed by atoms with van der Waals surface area (Å²) in [6, 6.07) is 12.9. The topological polar surface area (TPSA) is 84.8 Å². The summed E-state index contributed by atoms with van der Waals surface area (Å²) in [5.41, 5.74) is 7.13. The van der Waals surface area contributed by atoms with Crippen LogP contribution in [-0.4, -0.2) is 9.97 Å². The molecule has 0 unspecified atom stereocenters. The summed E-state index contributed by atoms with van der Waals surface area (Å²) >= 11 is 0. The van der Waals surface area contributed by atoms with Crippen molar-refractivity contribution in [2.45, 2.75) is 0 Å². The van der Waals surface area contributed by atoms with E-state index in [1.54, 1.807) is 12.3 Å². The second-order valence-electron chi connectivity index (χ2n) is 4.19. The maximum Gasteiger partial charge on any atom is 0.237 e. The summed E-state index contributed by atoms with van der Waals surface area (Å²) in [4.78, 5) is 8.29. The van der Waals surface area contributed by atoms with E-state index < -0.39 is 0 Å². The molecule has 0 saturated heterocycles. The predicted octanol–water partition coefficient (Wildman–Crippen LogP) is 2.88. The van der Waals surface area contributed by atoms with E-state index in [0.717, 1.165) is 10.9 Å². The van der Waals surface area contributed by atoms with Crippen LogP contribution in [0.15, 0.2) is 48.8 Å². The monoisotopic (exact) mass is 262 g/mol. The molecule has 5 nitrogen and oxygen atoms in total. The number of ether oxygens (including phenoxy) is 1. The highest BCUT2D eigenvalue weighted by Gasteiger charge is 2.07. The molecule has 0 atom stereocenters. The van der Waals surface area contributed by atoms with Crippen LogP contribution in [0, 0.1) is 11.3 Å². The molecule has 0 bridgehead atoms. The van der Waals surface area contributed by atoms with E-state index in [2.05, 4.69) is 9.97 Å². The minimum Gasteiger partial charge on any atom is -0.438 e. The Labute approximate surface area is 115 Å². The molecule has 2 heterocycles. The normalized spacial score (nSPS) is 10.2. The van der Waals surface area contributed by atoms with Gasteiger partial charge in [0.05, 0.1) is 17.4 Å². The van der Waals surface area contributed by atoms with Crippen LogP contribution < -0.4 is 10.5 Å². The summed E-state index contributed by atoms with van der Waals surface area (Å²) in [6.45, 7) is 0. The predicted molar refractivity (Wildman–Crippen MR) is 75.2 cm³/mol. The number of benzene rings is 1. The van der Waals surface area contributed by atoms with Crippen LogP contribution in [0.3, 0.4) is 0 Å². The fourth-order valence-corrected chi connectivity index (χ4v) is 1.85. The zero-order valence-electron chi connectivity index (χ0n) is 10.4. The quantitative estimate of drug-likeness (QED) is 0.767. The number of hydrogen-bond donors (Lipinski definition) is 1. The lowest BCUT2D eigenvalue weighted by Crippen LogP contribution is -1.95. The lowest BCUT2D eigenvalue weighted by molar-refractivity contribution is 0.462. The van der Waals surface area contributed by atoms with Gasteiger partial charge in [0.25, 0.3) is 0 Å². The molecule has 0 fully saturated rings. The van der Waals surface area contributed by atoms with Gasteiger partial charge in [0.1, 0.15) is 17.4 Å². The number of hydrogen-bond acceptors (Lipinski definition) is 5. The molecule has 0 amide bonds. The van der Waals surface area contributed by atoms with Gasteiger partial charge >= 0.3 is 0 Å². The number of rotatable bonds is 2. The van der Waals surface area contributed by atoms with Gasteiger partial charge in [-0.05, 0) is 24.3 Å². The lowest BCUT2D eigenvalue weighted by Gasteiger charge is -2.07. The SMILES string of the molecule is N#Cc1cc(N)cnc1Oc1ccc2cccnc2c1. The molecular weight excluding hydrogens is 252 g/mol. The molecule has 5 heteroatoms. The van der Waals surface area contributed by atoms with Crippen LogP contribution in [0.25, 0.3) is 10.9 Å². The van der Waals surface area contributed by atoms with Crippen LogP contribution in [0.5, 0.6) is 11.6 Å². The van der Waals surface area contributed by atoms with Gasteiger partial charge in [-0.25, -0.2) is 4.98 Å². The fourth-order valence-electron chi connectivity index (χ4n) is 1.85. The third-order valence-corrected chi connectivity index (χ3v) is 2.78. The number of pyridine rings is 2. The van der Waals surface area contributed by atoms with Gasteiger partial charge in [0.2, 0.25) is 5.88 Å². The molecule has 0 aliphatic heterocycles. The second kappa shape index (κ2) is 4.86. The number of anilines is 1. The molecule has 0 aliphatic rings. The lowest BCUT2D eigenvalue weighted by atomic mass is 10.2. The van der Waals surface area contributed by atoms with Crippen LogP contribution >= 0.6 is 0 Å². The highest BCUT2D eigenvalue weighted by molar-refractivity contribution is 5.79. The molecule has 20 heavy (non-hydrogen) atoms. The highest BCUT2D eigenvalue weighted by Crippen LogP contribution is 2.26. The second-order valence-corrected chi connectivity index (χ2v) is 4.19. The van der Waals surface area contributed by atoms with E-state index in [0.29, 0.717) is 17.0 Å². The van der Waals surface area contributed by atoms with E-state index in [4.69, 9.17) is 15.7 Å². The molecule has 0 spiro atoms. The van der Waals surface area contributed by atoms with E-state index in [1.165, 1.54) is 12.3 Å². The first kappa shape index (κ1) is 11.9. The van der Waals surface area contributed by atoms with Crippen molar-refractivity contribution < 1.29 is 4.74 Å². The van der Waals surface area contributed by atoms with Crippen LogP contribution in [0.1, 0.15) is 5.56 Å². The Hall–Kier alpha value is -3.13. The standard InChI is InChI=1S/C15H10N4O/c16-8-11-6-12(17)9-19-15(11)20-13-4-3-10-2-1-5-18-14(10)7-13/h1-7,9H,17H2. The molecule has 96 valence electrons. The number of fused-ring (bicyclic) bond motifs is 1. The van der Waals surface area contributed by atoms with E-state index in [-0.39, 0.29) is 5.88 Å². The molecule has 0 radical (unpaired) electrons. The molecule has 1 aromatic carbocycles. The summed E-state index contributed by atoms with van der Waals surface area (Å²) in [5.74, 6) is 0.807. The summed E-state index contributed by atoms with van der Waals surface area (Å²) in [5, 5.41) is 10.1. The number of nitrogens with two attached hydrogens (primary N) is 1. The van der Waals surface area contributed by atoms with Gasteiger partial charge in [-0.15, -0.1) is 0 Å². The first-order valence-electron chi connectivity index (χ1n) is 5.94. The average molecular weight is 262 g/mol. The average Bonchev–Trinajstić information content (AvgIpc) is 2.49. The maximum absolute atomic E-state index is 9.05. The first-order valence-corrected chi connectivity index (χ1v) is 5.94. The number of aromatic nitrogens is 2. The van der Waals surface area contributed by atoms with Crippen molar-refractivity contribution in [2.75, 3.05) is 5.73 Å². The molecular formula is C15H10N4O. The smallest absolute Gasteiger partial charge is 0.237 e. The maximum atomic E-state index is 9.05. The summed E-state index contributed by atoms with van der Waals surface area (Å²) in [6.07, 6.45) is 3.17. The molecule has 0 aliphatic carbocycles. The van der Waals surface area contributed by atoms with E-state index in [1.807, 2.05) is 30.3 Å². The van der Waals surface area contributed by atoms with E-state index >= 15 is 0 Å². The van der Waals surface area contributed by atoms with Gasteiger partial charge in [-0.2, -0.15) is 5.26 Å². The van der Waals surface area contributed by atoms with E-state index in [9.17, 15) is 0 Å². The van der Waals surface area contributed by atoms with Crippen molar-refractivity contribution in [2.24, 2.45) is 0 Å². The number of nitrogens with zero attached hydrogens (tertiary/aromatic N) is 3. The van der Waals surface area contributed by atoms with Gasteiger partial charge in [-0.1, -0.05) is 6.07 Å². The molecule has 0 saturated carbocycles. The van der Waals surface area contributed by atoms with Crippen molar-refractivity contribution in [1.82, 2.24) is 9.97 Å². The van der Waals surface area contributed by atoms with Gasteiger partial charge in [0, 0.05) is 17.6 Å². The Kier molecular flexibility index (Phi) is 2.90. The van der Waals surface area contributed by atoms with Crippen LogP contribution in [0.4, 0.5) is 5.69 Å². The molecule has 2 aromatic heterocycles. The summed E-state index contributed by atoms with van der Waals surface area (Å²) < 4.78 is 5.63. The van der Waals surface area contributed by atoms with Crippen molar-refractivity contribution in [3.05, 3.63) is 54.4 Å². The fraction of sp³-hybridized carbons (Fsp3) is 0. The number of nitriles is 1. The number of nitrogen functional groups attached to an aromatic ring is 1. The minimum atomic E-state index is 0.233. The Balaban J connectivity index is 1.99. The largest absolute Gasteiger partial charge is 0.438 e. The third-order valence-electron chi connectivity index (χ3n) is 2.78. The first-order chi connectivity index (χ1) is 9.76. The van der Waals surface area contributed by atoms with Crippen LogP contribution in [-0.2, 0) is 0 Å². The minimum absolute atomic E-state index is 0.233. The van der Waals surface area contributed by atoms with Gasteiger partial charge in [0.15, 0.2) is 0 Å². The zero-order chi connectivity index (χ0) is 13.9. The molecule has 3 aromatic rings. The third kappa shape index (κ3) is 2.22. The highest BCUT2D eigenvalue weighted by atomic mass is 16.5. The van der Waals surface area contributed by atoms with Crippen molar-refractivity contribution in [3.63, 3.8) is 0 Å².